The van der Waals surface area contributed by atoms with Crippen molar-refractivity contribution in [2.24, 2.45) is 0 Å². The molecule has 0 unspecified atom stereocenters. The zero-order chi connectivity index (χ0) is 18.4. The van der Waals surface area contributed by atoms with Gasteiger partial charge in [0.1, 0.15) is 11.5 Å². The summed E-state index contributed by atoms with van der Waals surface area (Å²) in [4.78, 5) is 22.9. The van der Waals surface area contributed by atoms with Crippen molar-refractivity contribution in [2.75, 3.05) is 20.3 Å². The fraction of sp³-hybridized carbons (Fsp3) is 0.263. The number of benzene rings is 2. The van der Waals surface area contributed by atoms with E-state index >= 15 is 0 Å². The van der Waals surface area contributed by atoms with E-state index in [2.05, 4.69) is 0 Å². The van der Waals surface area contributed by atoms with Crippen molar-refractivity contribution < 1.29 is 28.9 Å². The average molecular weight is 344 g/mol. The van der Waals surface area contributed by atoms with Gasteiger partial charge in [0, 0.05) is 0 Å². The molecule has 2 aromatic carbocycles. The molecule has 1 N–H and O–H groups in total. The summed E-state index contributed by atoms with van der Waals surface area (Å²) in [6.45, 7) is 4.39. The number of esters is 1. The lowest BCUT2D eigenvalue weighted by Crippen LogP contribution is -2.04. The Balaban J connectivity index is 2.60. The van der Waals surface area contributed by atoms with E-state index in [0.29, 0.717) is 35.8 Å². The largest absolute Gasteiger partial charge is 0.493 e. The van der Waals surface area contributed by atoms with Crippen molar-refractivity contribution in [3.63, 3.8) is 0 Å². The number of ether oxygens (including phenoxy) is 3. The van der Waals surface area contributed by atoms with Crippen LogP contribution in [-0.4, -0.2) is 37.4 Å². The molecule has 0 bridgehead atoms. The van der Waals surface area contributed by atoms with Gasteiger partial charge >= 0.3 is 11.9 Å². The molecule has 0 aliphatic carbocycles. The maximum absolute atomic E-state index is 11.6. The Morgan fingerprint density at radius 1 is 0.920 bits per heavy atom. The van der Waals surface area contributed by atoms with E-state index < -0.39 is 11.9 Å². The van der Waals surface area contributed by atoms with E-state index in [1.165, 1.54) is 19.2 Å². The number of rotatable bonds is 7. The van der Waals surface area contributed by atoms with Crippen molar-refractivity contribution in [1.29, 1.82) is 0 Å². The maximum Gasteiger partial charge on any atom is 0.337 e. The van der Waals surface area contributed by atoms with Crippen LogP contribution in [0.3, 0.4) is 0 Å². The predicted octanol–water partition coefficient (Wildman–Crippen LogP) is 3.64. The maximum atomic E-state index is 11.6. The molecule has 0 atom stereocenters. The average Bonchev–Trinajstić information content (AvgIpc) is 2.61. The van der Waals surface area contributed by atoms with Gasteiger partial charge in [0.15, 0.2) is 0 Å². The van der Waals surface area contributed by atoms with Crippen LogP contribution in [0.4, 0.5) is 0 Å². The second-order valence-corrected chi connectivity index (χ2v) is 5.09. The molecule has 0 spiro atoms. The summed E-state index contributed by atoms with van der Waals surface area (Å²) in [5.74, 6) is -0.661. The second-order valence-electron chi connectivity index (χ2n) is 5.09. The van der Waals surface area contributed by atoms with Gasteiger partial charge in [-0.2, -0.15) is 0 Å². The van der Waals surface area contributed by atoms with Crippen LogP contribution in [0, 0.1) is 0 Å². The van der Waals surface area contributed by atoms with Crippen molar-refractivity contribution in [2.45, 2.75) is 13.8 Å². The van der Waals surface area contributed by atoms with Gasteiger partial charge in [0.05, 0.1) is 37.0 Å². The van der Waals surface area contributed by atoms with Gasteiger partial charge in [-0.3, -0.25) is 0 Å². The minimum atomic E-state index is -1.06. The normalized spacial score (nSPS) is 10.2. The van der Waals surface area contributed by atoms with Crippen LogP contribution in [0.1, 0.15) is 34.6 Å². The van der Waals surface area contributed by atoms with Gasteiger partial charge in [0.2, 0.25) is 0 Å². The molecule has 0 aliphatic heterocycles. The minimum absolute atomic E-state index is 0.0850. The lowest BCUT2D eigenvalue weighted by molar-refractivity contribution is 0.0600. The molecule has 132 valence electrons. The third-order valence-corrected chi connectivity index (χ3v) is 3.51. The number of aromatic carboxylic acids is 1. The summed E-state index contributed by atoms with van der Waals surface area (Å²) in [6, 6.07) is 9.70. The molecular formula is C19H20O6. The molecule has 0 aliphatic rings. The van der Waals surface area contributed by atoms with Crippen LogP contribution >= 0.6 is 0 Å². The van der Waals surface area contributed by atoms with Crippen molar-refractivity contribution in [3.8, 4) is 22.6 Å². The smallest absolute Gasteiger partial charge is 0.337 e. The highest BCUT2D eigenvalue weighted by Gasteiger charge is 2.18. The quantitative estimate of drug-likeness (QED) is 0.772. The first kappa shape index (κ1) is 18.3. The van der Waals surface area contributed by atoms with Crippen LogP contribution < -0.4 is 9.47 Å². The highest BCUT2D eigenvalue weighted by molar-refractivity contribution is 5.93. The zero-order valence-corrected chi connectivity index (χ0v) is 14.4. The lowest BCUT2D eigenvalue weighted by atomic mass is 9.99. The summed E-state index contributed by atoms with van der Waals surface area (Å²) in [7, 11) is 1.32. The number of carboxylic acids is 1. The molecule has 2 aromatic rings. The Bertz CT molecular complexity index is 737. The lowest BCUT2D eigenvalue weighted by Gasteiger charge is -2.17. The Labute approximate surface area is 146 Å². The third-order valence-electron chi connectivity index (χ3n) is 3.51. The highest BCUT2D eigenvalue weighted by Crippen LogP contribution is 2.40. The summed E-state index contributed by atoms with van der Waals surface area (Å²) >= 11 is 0. The third kappa shape index (κ3) is 4.09. The first-order chi connectivity index (χ1) is 12.0. The number of hydrogen-bond acceptors (Lipinski definition) is 5. The van der Waals surface area contributed by atoms with Gasteiger partial charge in [-0.25, -0.2) is 9.59 Å². The van der Waals surface area contributed by atoms with E-state index in [0.717, 1.165) is 5.56 Å². The van der Waals surface area contributed by atoms with Gasteiger partial charge in [-0.1, -0.05) is 12.1 Å². The fourth-order valence-corrected chi connectivity index (χ4v) is 2.43. The molecule has 6 nitrogen and oxygen atoms in total. The van der Waals surface area contributed by atoms with Gasteiger partial charge < -0.3 is 19.3 Å². The summed E-state index contributed by atoms with van der Waals surface area (Å²) in [5, 5.41) is 9.29. The fourth-order valence-electron chi connectivity index (χ4n) is 2.43. The SMILES string of the molecule is CCOc1cc(C(=O)O)cc(OCC)c1-c1ccc(C(=O)OC)cc1. The summed E-state index contributed by atoms with van der Waals surface area (Å²) in [5.41, 5.74) is 1.90. The molecule has 0 radical (unpaired) electrons. The van der Waals surface area contributed by atoms with Gasteiger partial charge in [-0.05, 0) is 43.7 Å². The zero-order valence-electron chi connectivity index (χ0n) is 14.4. The molecule has 0 amide bonds. The minimum Gasteiger partial charge on any atom is -0.493 e. The molecule has 0 saturated carbocycles. The van der Waals surface area contributed by atoms with E-state index in [4.69, 9.17) is 14.2 Å². The Hall–Kier alpha value is -3.02. The number of methoxy groups -OCH3 is 1. The van der Waals surface area contributed by atoms with Crippen LogP contribution in [0.15, 0.2) is 36.4 Å². The molecular weight excluding hydrogens is 324 g/mol. The van der Waals surface area contributed by atoms with Crippen LogP contribution in [0.2, 0.25) is 0 Å². The van der Waals surface area contributed by atoms with E-state index in [-0.39, 0.29) is 5.56 Å². The monoisotopic (exact) mass is 344 g/mol. The topological polar surface area (TPSA) is 82.1 Å². The number of hydrogen-bond donors (Lipinski definition) is 1. The second kappa shape index (κ2) is 8.19. The van der Waals surface area contributed by atoms with Crippen LogP contribution in [-0.2, 0) is 4.74 Å². The molecule has 0 aromatic heterocycles. The number of carboxylic acid groups (broad SMARTS) is 1. The van der Waals surface area contributed by atoms with Crippen molar-refractivity contribution >= 4 is 11.9 Å². The Morgan fingerprint density at radius 3 is 1.84 bits per heavy atom. The molecule has 0 fully saturated rings. The number of carbonyl (C=O) groups excluding carboxylic acids is 1. The van der Waals surface area contributed by atoms with E-state index in [1.54, 1.807) is 24.3 Å². The molecule has 2 rings (SSSR count). The van der Waals surface area contributed by atoms with E-state index in [1.807, 2.05) is 13.8 Å². The first-order valence-electron chi connectivity index (χ1n) is 7.87. The Morgan fingerprint density at radius 2 is 1.44 bits per heavy atom. The predicted molar refractivity (Wildman–Crippen MR) is 92.5 cm³/mol. The van der Waals surface area contributed by atoms with E-state index in [9.17, 15) is 14.7 Å². The van der Waals surface area contributed by atoms with Crippen molar-refractivity contribution in [3.05, 3.63) is 47.5 Å². The van der Waals surface area contributed by atoms with Crippen LogP contribution in [0.5, 0.6) is 11.5 Å². The molecule has 0 heterocycles. The molecule has 0 saturated heterocycles. The Kier molecular flexibility index (Phi) is 6.00. The number of carbonyl (C=O) groups is 2. The standard InChI is InChI=1S/C19H20O6/c1-4-24-15-10-14(18(20)21)11-16(25-5-2)17(15)12-6-8-13(9-7-12)19(22)23-3/h6-11H,4-5H2,1-3H3,(H,20,21). The molecule has 25 heavy (non-hydrogen) atoms. The van der Waals surface area contributed by atoms with Crippen LogP contribution in [0.25, 0.3) is 11.1 Å². The van der Waals surface area contributed by atoms with Gasteiger partial charge in [0.25, 0.3) is 0 Å². The summed E-state index contributed by atoms with van der Waals surface area (Å²) < 4.78 is 16.0. The molecule has 6 heteroatoms. The first-order valence-corrected chi connectivity index (χ1v) is 7.87. The summed E-state index contributed by atoms with van der Waals surface area (Å²) in [6.07, 6.45) is 0. The van der Waals surface area contributed by atoms with Gasteiger partial charge in [-0.15, -0.1) is 0 Å². The highest BCUT2D eigenvalue weighted by atomic mass is 16.5. The van der Waals surface area contributed by atoms with Crippen molar-refractivity contribution in [1.82, 2.24) is 0 Å².